The van der Waals surface area contributed by atoms with E-state index < -0.39 is 0 Å². The Balaban J connectivity index is 4.05. The lowest BCUT2D eigenvalue weighted by Crippen LogP contribution is -2.16. The van der Waals surface area contributed by atoms with E-state index in [0.717, 1.165) is 5.71 Å². The van der Waals surface area contributed by atoms with E-state index in [2.05, 4.69) is 46.7 Å². The van der Waals surface area contributed by atoms with Crippen molar-refractivity contribution in [2.75, 3.05) is 6.61 Å². The molecule has 13 heavy (non-hydrogen) atoms. The Kier molecular flexibility index (Phi) is 5.76. The van der Waals surface area contributed by atoms with Crippen molar-refractivity contribution in [3.8, 4) is 0 Å². The van der Waals surface area contributed by atoms with Gasteiger partial charge in [-0.2, -0.15) is 0 Å². The standard InChI is InChI=1S/C11H23NO/c1-8(2)7-13-12-11(9(3)4)10(5)6/h8-10H,7H2,1-6H3. The van der Waals surface area contributed by atoms with Crippen LogP contribution in [0.15, 0.2) is 5.16 Å². The molecule has 0 aliphatic rings. The molecule has 0 aromatic rings. The molecule has 0 aromatic heterocycles. The van der Waals surface area contributed by atoms with Crippen LogP contribution in [0.1, 0.15) is 41.5 Å². The average Bonchev–Trinajstić information content (AvgIpc) is 1.95. The van der Waals surface area contributed by atoms with Crippen molar-refractivity contribution in [2.45, 2.75) is 41.5 Å². The fourth-order valence-electron chi connectivity index (χ4n) is 1.14. The summed E-state index contributed by atoms with van der Waals surface area (Å²) in [4.78, 5) is 5.27. The van der Waals surface area contributed by atoms with Gasteiger partial charge in [0, 0.05) is 0 Å². The molecule has 0 saturated carbocycles. The fraction of sp³-hybridized carbons (Fsp3) is 0.909. The summed E-state index contributed by atoms with van der Waals surface area (Å²) < 4.78 is 0. The normalized spacial score (nSPS) is 11.2. The molecule has 0 atom stereocenters. The molecule has 0 unspecified atom stereocenters. The first-order chi connectivity index (χ1) is 5.95. The van der Waals surface area contributed by atoms with E-state index in [-0.39, 0.29) is 0 Å². The molecular weight excluding hydrogens is 162 g/mol. The van der Waals surface area contributed by atoms with Crippen LogP contribution < -0.4 is 0 Å². The molecule has 2 nitrogen and oxygen atoms in total. The fourth-order valence-corrected chi connectivity index (χ4v) is 1.14. The molecule has 0 fully saturated rings. The molecule has 0 saturated heterocycles. The summed E-state index contributed by atoms with van der Waals surface area (Å²) in [5.74, 6) is 1.50. The Hall–Kier alpha value is -0.530. The summed E-state index contributed by atoms with van der Waals surface area (Å²) in [5, 5.41) is 4.18. The summed E-state index contributed by atoms with van der Waals surface area (Å²) in [6, 6.07) is 0. The highest BCUT2D eigenvalue weighted by Gasteiger charge is 2.10. The van der Waals surface area contributed by atoms with Gasteiger partial charge in [-0.15, -0.1) is 0 Å². The highest BCUT2D eigenvalue weighted by atomic mass is 16.6. The highest BCUT2D eigenvalue weighted by molar-refractivity contribution is 5.87. The van der Waals surface area contributed by atoms with Gasteiger partial charge in [-0.05, 0) is 17.8 Å². The van der Waals surface area contributed by atoms with Gasteiger partial charge in [0.2, 0.25) is 0 Å². The van der Waals surface area contributed by atoms with Crippen molar-refractivity contribution in [1.82, 2.24) is 0 Å². The molecular formula is C11H23NO. The summed E-state index contributed by atoms with van der Waals surface area (Å²) in [5.41, 5.74) is 1.15. The van der Waals surface area contributed by atoms with Crippen LogP contribution >= 0.6 is 0 Å². The molecule has 78 valence electrons. The Labute approximate surface area is 82.4 Å². The third kappa shape index (κ3) is 5.67. The van der Waals surface area contributed by atoms with Gasteiger partial charge in [-0.3, -0.25) is 0 Å². The first kappa shape index (κ1) is 12.5. The Morgan fingerprint density at radius 2 is 1.46 bits per heavy atom. The van der Waals surface area contributed by atoms with Crippen LogP contribution in [0.3, 0.4) is 0 Å². The molecule has 0 radical (unpaired) electrons. The molecule has 0 aromatic carbocycles. The largest absolute Gasteiger partial charge is 0.396 e. The van der Waals surface area contributed by atoms with Crippen LogP contribution in [0.25, 0.3) is 0 Å². The number of hydrogen-bond donors (Lipinski definition) is 0. The summed E-state index contributed by atoms with van der Waals surface area (Å²) >= 11 is 0. The van der Waals surface area contributed by atoms with Gasteiger partial charge >= 0.3 is 0 Å². The number of nitrogens with zero attached hydrogens (tertiary/aromatic N) is 1. The van der Waals surface area contributed by atoms with Gasteiger partial charge in [0.25, 0.3) is 0 Å². The van der Waals surface area contributed by atoms with Gasteiger partial charge in [0.1, 0.15) is 6.61 Å². The van der Waals surface area contributed by atoms with Crippen molar-refractivity contribution >= 4 is 5.71 Å². The van der Waals surface area contributed by atoms with Gasteiger partial charge in [-0.1, -0.05) is 46.7 Å². The maximum absolute atomic E-state index is 5.27. The smallest absolute Gasteiger partial charge is 0.119 e. The lowest BCUT2D eigenvalue weighted by atomic mass is 9.98. The minimum absolute atomic E-state index is 0.479. The lowest BCUT2D eigenvalue weighted by molar-refractivity contribution is 0.116. The monoisotopic (exact) mass is 185 g/mol. The van der Waals surface area contributed by atoms with Gasteiger partial charge in [0.15, 0.2) is 0 Å². The van der Waals surface area contributed by atoms with Crippen molar-refractivity contribution in [2.24, 2.45) is 22.9 Å². The maximum Gasteiger partial charge on any atom is 0.119 e. The zero-order valence-corrected chi connectivity index (χ0v) is 9.79. The molecule has 0 heterocycles. The predicted octanol–water partition coefficient (Wildman–Crippen LogP) is 3.33. The second kappa shape index (κ2) is 6.01. The Bertz CT molecular complexity index is 149. The van der Waals surface area contributed by atoms with E-state index in [1.807, 2.05) is 0 Å². The van der Waals surface area contributed by atoms with E-state index in [1.54, 1.807) is 0 Å². The Morgan fingerprint density at radius 3 is 1.77 bits per heavy atom. The number of hydrogen-bond acceptors (Lipinski definition) is 2. The van der Waals surface area contributed by atoms with Crippen LogP contribution in [0.2, 0.25) is 0 Å². The quantitative estimate of drug-likeness (QED) is 0.475. The minimum Gasteiger partial charge on any atom is -0.396 e. The van der Waals surface area contributed by atoms with E-state index in [1.165, 1.54) is 0 Å². The van der Waals surface area contributed by atoms with Gasteiger partial charge in [0.05, 0.1) is 5.71 Å². The molecule has 0 aliphatic carbocycles. The SMILES string of the molecule is CC(C)CON=C(C(C)C)C(C)C. The first-order valence-electron chi connectivity index (χ1n) is 5.14. The molecule has 0 N–H and O–H groups in total. The van der Waals surface area contributed by atoms with E-state index in [9.17, 15) is 0 Å². The molecule has 0 spiro atoms. The van der Waals surface area contributed by atoms with Crippen LogP contribution in [0, 0.1) is 17.8 Å². The number of rotatable bonds is 5. The van der Waals surface area contributed by atoms with Crippen molar-refractivity contribution in [3.63, 3.8) is 0 Å². The zero-order valence-electron chi connectivity index (χ0n) is 9.79. The highest BCUT2D eigenvalue weighted by Crippen LogP contribution is 2.08. The van der Waals surface area contributed by atoms with E-state index in [0.29, 0.717) is 24.4 Å². The van der Waals surface area contributed by atoms with Crippen molar-refractivity contribution in [3.05, 3.63) is 0 Å². The second-order valence-electron chi connectivity index (χ2n) is 4.52. The summed E-state index contributed by atoms with van der Waals surface area (Å²) in [6.07, 6.45) is 0. The summed E-state index contributed by atoms with van der Waals surface area (Å²) in [7, 11) is 0. The van der Waals surface area contributed by atoms with E-state index >= 15 is 0 Å². The molecule has 0 rings (SSSR count). The van der Waals surface area contributed by atoms with E-state index in [4.69, 9.17) is 4.84 Å². The molecule has 0 bridgehead atoms. The maximum atomic E-state index is 5.27. The van der Waals surface area contributed by atoms with Gasteiger partial charge < -0.3 is 4.84 Å². The van der Waals surface area contributed by atoms with Crippen LogP contribution in [0.5, 0.6) is 0 Å². The topological polar surface area (TPSA) is 21.6 Å². The van der Waals surface area contributed by atoms with Crippen LogP contribution in [-0.4, -0.2) is 12.3 Å². The average molecular weight is 185 g/mol. The first-order valence-corrected chi connectivity index (χ1v) is 5.14. The Morgan fingerprint density at radius 1 is 1.00 bits per heavy atom. The third-order valence-corrected chi connectivity index (χ3v) is 1.76. The zero-order chi connectivity index (χ0) is 10.4. The molecule has 0 aliphatic heterocycles. The van der Waals surface area contributed by atoms with Crippen molar-refractivity contribution < 1.29 is 4.84 Å². The number of oxime groups is 1. The minimum atomic E-state index is 0.479. The summed E-state index contributed by atoms with van der Waals surface area (Å²) in [6.45, 7) is 13.6. The molecule has 0 amide bonds. The van der Waals surface area contributed by atoms with Crippen LogP contribution in [0.4, 0.5) is 0 Å². The lowest BCUT2D eigenvalue weighted by Gasteiger charge is -2.13. The molecule has 2 heteroatoms. The predicted molar refractivity (Wildman–Crippen MR) is 57.9 cm³/mol. The van der Waals surface area contributed by atoms with Crippen molar-refractivity contribution in [1.29, 1.82) is 0 Å². The second-order valence-corrected chi connectivity index (χ2v) is 4.52. The van der Waals surface area contributed by atoms with Gasteiger partial charge in [-0.25, -0.2) is 0 Å². The van der Waals surface area contributed by atoms with Crippen LogP contribution in [-0.2, 0) is 4.84 Å². The third-order valence-electron chi connectivity index (χ3n) is 1.76.